The predicted molar refractivity (Wildman–Crippen MR) is 92.6 cm³/mol. The lowest BCUT2D eigenvalue weighted by atomic mass is 9.91. The first-order chi connectivity index (χ1) is 10.1. The third kappa shape index (κ3) is 3.79. The van der Waals surface area contributed by atoms with E-state index in [0.29, 0.717) is 10.0 Å². The first-order valence-electron chi connectivity index (χ1n) is 7.34. The second-order valence-electron chi connectivity index (χ2n) is 5.16. The average Bonchev–Trinajstić information content (AvgIpc) is 2.47. The molecule has 3 heteroatoms. The number of hydrogen-bond donors (Lipinski definition) is 1. The van der Waals surface area contributed by atoms with E-state index in [2.05, 4.69) is 37.4 Å². The van der Waals surface area contributed by atoms with Crippen molar-refractivity contribution in [1.29, 1.82) is 0 Å². The summed E-state index contributed by atoms with van der Waals surface area (Å²) >= 11 is 12.3. The maximum absolute atomic E-state index is 6.16. The molecule has 0 spiro atoms. The Bertz CT molecular complexity index is 602. The normalized spacial score (nSPS) is 12.4. The lowest BCUT2D eigenvalue weighted by molar-refractivity contribution is 0.683. The van der Waals surface area contributed by atoms with Crippen LogP contribution < -0.4 is 5.32 Å². The van der Waals surface area contributed by atoms with E-state index >= 15 is 0 Å². The number of benzene rings is 2. The fourth-order valence-corrected chi connectivity index (χ4v) is 3.24. The van der Waals surface area contributed by atoms with Crippen molar-refractivity contribution < 1.29 is 0 Å². The topological polar surface area (TPSA) is 12.0 Å². The molecule has 0 aliphatic rings. The summed E-state index contributed by atoms with van der Waals surface area (Å²) in [5.74, 6) is 0. The Labute approximate surface area is 137 Å². The van der Waals surface area contributed by atoms with Gasteiger partial charge in [-0.3, -0.25) is 0 Å². The summed E-state index contributed by atoms with van der Waals surface area (Å²) in [6, 6.07) is 12.5. The van der Waals surface area contributed by atoms with Crippen molar-refractivity contribution in [2.45, 2.75) is 32.7 Å². The highest BCUT2D eigenvalue weighted by Gasteiger charge is 2.16. The molecular weight excluding hydrogens is 301 g/mol. The van der Waals surface area contributed by atoms with Crippen molar-refractivity contribution in [2.24, 2.45) is 0 Å². The molecule has 0 aromatic heterocycles. The Balaban J connectivity index is 2.54. The summed E-state index contributed by atoms with van der Waals surface area (Å²) in [5, 5.41) is 4.74. The monoisotopic (exact) mass is 321 g/mol. The molecule has 1 N–H and O–H groups in total. The lowest BCUT2D eigenvalue weighted by Crippen LogP contribution is -2.19. The van der Waals surface area contributed by atoms with Gasteiger partial charge in [0, 0.05) is 10.0 Å². The highest BCUT2D eigenvalue weighted by atomic mass is 35.5. The SMILES string of the molecule is CCc1ccc(CC)c(C(NC)c2cc(Cl)cc(Cl)c2)c1. The quantitative estimate of drug-likeness (QED) is 0.774. The number of rotatable bonds is 5. The van der Waals surface area contributed by atoms with E-state index in [1.165, 1.54) is 16.7 Å². The summed E-state index contributed by atoms with van der Waals surface area (Å²) < 4.78 is 0. The second-order valence-corrected chi connectivity index (χ2v) is 6.04. The highest BCUT2D eigenvalue weighted by Crippen LogP contribution is 2.30. The Morgan fingerprint density at radius 2 is 1.62 bits per heavy atom. The van der Waals surface area contributed by atoms with Crippen LogP contribution in [0.25, 0.3) is 0 Å². The summed E-state index contributed by atoms with van der Waals surface area (Å²) in [5.41, 5.74) is 5.09. The van der Waals surface area contributed by atoms with Gasteiger partial charge in [-0.1, -0.05) is 55.2 Å². The van der Waals surface area contributed by atoms with Gasteiger partial charge in [-0.05, 0) is 60.3 Å². The average molecular weight is 322 g/mol. The van der Waals surface area contributed by atoms with Crippen LogP contribution in [0.4, 0.5) is 0 Å². The fraction of sp³-hybridized carbons (Fsp3) is 0.333. The van der Waals surface area contributed by atoms with Gasteiger partial charge in [-0.2, -0.15) is 0 Å². The zero-order chi connectivity index (χ0) is 15.4. The largest absolute Gasteiger partial charge is 0.309 e. The molecule has 0 saturated heterocycles. The van der Waals surface area contributed by atoms with Crippen LogP contribution in [0.1, 0.15) is 42.1 Å². The maximum Gasteiger partial charge on any atom is 0.0578 e. The molecule has 2 rings (SSSR count). The molecule has 0 aliphatic heterocycles. The van der Waals surface area contributed by atoms with Crippen molar-refractivity contribution in [2.75, 3.05) is 7.05 Å². The van der Waals surface area contributed by atoms with Gasteiger partial charge in [-0.25, -0.2) is 0 Å². The molecule has 0 bridgehead atoms. The third-order valence-electron chi connectivity index (χ3n) is 3.82. The van der Waals surface area contributed by atoms with Crippen LogP contribution in [0, 0.1) is 0 Å². The van der Waals surface area contributed by atoms with E-state index in [-0.39, 0.29) is 6.04 Å². The number of halogens is 2. The van der Waals surface area contributed by atoms with E-state index in [1.54, 1.807) is 6.07 Å². The molecule has 0 fully saturated rings. The minimum atomic E-state index is 0.0997. The smallest absolute Gasteiger partial charge is 0.0578 e. The Kier molecular flexibility index (Phi) is 5.69. The van der Waals surface area contributed by atoms with Gasteiger partial charge in [0.25, 0.3) is 0 Å². The van der Waals surface area contributed by atoms with Crippen molar-refractivity contribution in [3.8, 4) is 0 Å². The molecule has 0 radical (unpaired) electrons. The zero-order valence-electron chi connectivity index (χ0n) is 12.7. The van der Waals surface area contributed by atoms with E-state index in [4.69, 9.17) is 23.2 Å². The van der Waals surface area contributed by atoms with E-state index < -0.39 is 0 Å². The fourth-order valence-electron chi connectivity index (χ4n) is 2.70. The first kappa shape index (κ1) is 16.4. The van der Waals surface area contributed by atoms with Crippen LogP contribution in [0.15, 0.2) is 36.4 Å². The zero-order valence-corrected chi connectivity index (χ0v) is 14.2. The van der Waals surface area contributed by atoms with Crippen LogP contribution in [0.5, 0.6) is 0 Å². The van der Waals surface area contributed by atoms with E-state index in [0.717, 1.165) is 18.4 Å². The number of hydrogen-bond acceptors (Lipinski definition) is 1. The standard InChI is InChI=1S/C18H21Cl2N/c1-4-12-6-7-13(5-2)17(8-12)18(21-3)14-9-15(19)11-16(20)10-14/h6-11,18,21H,4-5H2,1-3H3. The molecule has 2 aromatic carbocycles. The number of nitrogens with one attached hydrogen (secondary N) is 1. The molecule has 1 atom stereocenters. The number of aryl methyl sites for hydroxylation is 2. The molecule has 2 aromatic rings. The Morgan fingerprint density at radius 1 is 0.952 bits per heavy atom. The van der Waals surface area contributed by atoms with Gasteiger partial charge in [0.2, 0.25) is 0 Å². The lowest BCUT2D eigenvalue weighted by Gasteiger charge is -2.22. The van der Waals surface area contributed by atoms with Gasteiger partial charge in [0.1, 0.15) is 0 Å². The molecule has 21 heavy (non-hydrogen) atoms. The molecule has 1 nitrogen and oxygen atoms in total. The molecule has 0 aliphatic carbocycles. The van der Waals surface area contributed by atoms with Gasteiger partial charge in [0.15, 0.2) is 0 Å². The highest BCUT2D eigenvalue weighted by molar-refractivity contribution is 6.34. The van der Waals surface area contributed by atoms with E-state index in [9.17, 15) is 0 Å². The third-order valence-corrected chi connectivity index (χ3v) is 4.25. The van der Waals surface area contributed by atoms with Crippen LogP contribution in [-0.4, -0.2) is 7.05 Å². The maximum atomic E-state index is 6.16. The molecule has 1 unspecified atom stereocenters. The second kappa shape index (κ2) is 7.31. The van der Waals surface area contributed by atoms with Gasteiger partial charge in [-0.15, -0.1) is 0 Å². The van der Waals surface area contributed by atoms with Crippen LogP contribution in [-0.2, 0) is 12.8 Å². The minimum Gasteiger partial charge on any atom is -0.309 e. The van der Waals surface area contributed by atoms with Crippen LogP contribution in [0.3, 0.4) is 0 Å². The van der Waals surface area contributed by atoms with Gasteiger partial charge in [0.05, 0.1) is 6.04 Å². The molecule has 0 heterocycles. The van der Waals surface area contributed by atoms with Crippen molar-refractivity contribution in [3.05, 3.63) is 68.7 Å². The Morgan fingerprint density at radius 3 is 2.14 bits per heavy atom. The van der Waals surface area contributed by atoms with Crippen molar-refractivity contribution in [3.63, 3.8) is 0 Å². The predicted octanol–water partition coefficient (Wildman–Crippen LogP) is 5.43. The summed E-state index contributed by atoms with van der Waals surface area (Å²) in [7, 11) is 1.97. The first-order valence-corrected chi connectivity index (χ1v) is 8.09. The minimum absolute atomic E-state index is 0.0997. The van der Waals surface area contributed by atoms with Gasteiger partial charge >= 0.3 is 0 Å². The van der Waals surface area contributed by atoms with Gasteiger partial charge < -0.3 is 5.32 Å². The molecule has 0 saturated carbocycles. The summed E-state index contributed by atoms with van der Waals surface area (Å²) in [6.45, 7) is 4.36. The molecular formula is C18H21Cl2N. The molecule has 0 amide bonds. The molecule has 112 valence electrons. The summed E-state index contributed by atoms with van der Waals surface area (Å²) in [4.78, 5) is 0. The Hall–Kier alpha value is -1.02. The van der Waals surface area contributed by atoms with Crippen molar-refractivity contribution in [1.82, 2.24) is 5.32 Å². The van der Waals surface area contributed by atoms with Crippen molar-refractivity contribution >= 4 is 23.2 Å². The van der Waals surface area contributed by atoms with Crippen LogP contribution in [0.2, 0.25) is 10.0 Å². The van der Waals surface area contributed by atoms with E-state index in [1.807, 2.05) is 19.2 Å². The van der Waals surface area contributed by atoms with Crippen LogP contribution >= 0.6 is 23.2 Å². The summed E-state index contributed by atoms with van der Waals surface area (Å²) in [6.07, 6.45) is 2.04.